The van der Waals surface area contributed by atoms with Crippen molar-refractivity contribution in [2.24, 2.45) is 5.41 Å². The molecule has 0 saturated carbocycles. The highest BCUT2D eigenvalue weighted by atomic mass is 35.5. The molecule has 1 aromatic heterocycles. The summed E-state index contributed by atoms with van der Waals surface area (Å²) >= 11 is 6.89. The van der Waals surface area contributed by atoms with Gasteiger partial charge in [0, 0.05) is 42.7 Å². The second-order valence-corrected chi connectivity index (χ2v) is 17.5. The molecule has 0 bridgehead atoms. The van der Waals surface area contributed by atoms with Gasteiger partial charge in [0.15, 0.2) is 0 Å². The van der Waals surface area contributed by atoms with Crippen molar-refractivity contribution in [2.45, 2.75) is 97.2 Å². The number of alkyl halides is 3. The van der Waals surface area contributed by atoms with E-state index in [4.69, 9.17) is 35.7 Å². The molecule has 3 aromatic carbocycles. The van der Waals surface area contributed by atoms with Crippen molar-refractivity contribution in [1.29, 1.82) is 5.26 Å². The van der Waals surface area contributed by atoms with Crippen LogP contribution in [0, 0.1) is 30.6 Å². The van der Waals surface area contributed by atoms with Crippen LogP contribution in [-0.2, 0) is 29.3 Å². The first kappa shape index (κ1) is 49.0. The summed E-state index contributed by atoms with van der Waals surface area (Å²) in [4.78, 5) is 29.8. The fourth-order valence-corrected chi connectivity index (χ4v) is 9.18. The summed E-state index contributed by atoms with van der Waals surface area (Å²) in [5, 5.41) is 30.4. The Morgan fingerprint density at radius 1 is 0.877 bits per heavy atom. The quantitative estimate of drug-likeness (QED) is 0.0973. The lowest BCUT2D eigenvalue weighted by molar-refractivity contribution is -0.192. The Hall–Kier alpha value is -5.40. The number of hydrogen-bond acceptors (Lipinski definition) is 10. The number of benzene rings is 3. The normalized spacial score (nSPS) is 17.6. The topological polar surface area (TPSA) is 157 Å². The smallest absolute Gasteiger partial charge is 0.490 e. The molecule has 1 atom stereocenters. The number of carboxylic acid groups (broad SMARTS) is 2. The van der Waals surface area contributed by atoms with Crippen LogP contribution in [0.4, 0.5) is 13.2 Å². The molecule has 12 nitrogen and oxygen atoms in total. The number of aromatic nitrogens is 1. The molecule has 0 amide bonds. The number of likely N-dealkylation sites (tertiary alicyclic amines) is 2. The lowest BCUT2D eigenvalue weighted by atomic mass is 9.71. The van der Waals surface area contributed by atoms with E-state index in [0.29, 0.717) is 53.6 Å². The van der Waals surface area contributed by atoms with Crippen molar-refractivity contribution in [3.63, 3.8) is 0 Å². The lowest BCUT2D eigenvalue weighted by Crippen LogP contribution is -2.45. The number of rotatable bonds is 15. The summed E-state index contributed by atoms with van der Waals surface area (Å²) in [5.74, 6) is -1.67. The number of nitrogens with one attached hydrogen (secondary N) is 1. The number of halogens is 4. The minimum Gasteiger partial charge on any atom is -0.493 e. The third-order valence-corrected chi connectivity index (χ3v) is 13.1. The van der Waals surface area contributed by atoms with Gasteiger partial charge < -0.3 is 34.6 Å². The van der Waals surface area contributed by atoms with Gasteiger partial charge >= 0.3 is 18.1 Å². The van der Waals surface area contributed by atoms with Gasteiger partial charge in [-0.3, -0.25) is 14.7 Å². The Morgan fingerprint density at radius 2 is 1.57 bits per heavy atom. The standard InChI is InChI=1S/C47H56ClN5O5.C2HF3O2/c1-33-37(8-5-9-39(33)40-10-6-12-43(34(40)2)56-23-7-19-52-21-15-47(16-22-52)13-17-50-18-14-47)32-58-45-26-44(57-31-36-24-35(27-49)28-51-29-36)38(25-41(45)48)30-53-20-4-3-11-42(53)46(54)55;3-2(4,5)1(6)7/h5-6,8-10,12,24-26,28-29,42,50H,3-4,7,11,13-23,30-32H2,1-2H3,(H,54,55);(H,6,7)/t42-;/m0./s1. The molecule has 3 aliphatic rings. The van der Waals surface area contributed by atoms with Crippen LogP contribution >= 0.6 is 11.6 Å². The number of nitriles is 1. The molecular weight excluding hydrogens is 863 g/mol. The van der Waals surface area contributed by atoms with Gasteiger partial charge in [0.1, 0.15) is 42.6 Å². The maximum absolute atomic E-state index is 12.1. The number of pyridine rings is 1. The maximum atomic E-state index is 12.1. The van der Waals surface area contributed by atoms with Gasteiger partial charge in [0.25, 0.3) is 0 Å². The number of carboxylic acids is 2. The Labute approximate surface area is 383 Å². The fraction of sp³-hybridized carbons (Fsp3) is 0.469. The largest absolute Gasteiger partial charge is 0.493 e. The van der Waals surface area contributed by atoms with Gasteiger partial charge in [-0.1, -0.05) is 48.4 Å². The third-order valence-electron chi connectivity index (χ3n) is 12.8. The van der Waals surface area contributed by atoms with Crippen LogP contribution in [-0.4, -0.2) is 95.0 Å². The SMILES string of the molecule is Cc1c(COc2cc(OCc3cncc(C#N)c3)c(CN3CCCC[C@H]3C(=O)O)cc2Cl)cccc1-c1cccc(OCCCN2CCC3(CCNCC3)CC2)c1C.O=C(O)C(F)(F)F. The van der Waals surface area contributed by atoms with Gasteiger partial charge in [0.05, 0.1) is 17.2 Å². The summed E-state index contributed by atoms with van der Waals surface area (Å²) in [6.45, 7) is 12.2. The van der Waals surface area contributed by atoms with Crippen molar-refractivity contribution in [3.05, 3.63) is 105 Å². The first-order valence-corrected chi connectivity index (χ1v) is 22.5. The number of aliphatic carboxylic acids is 2. The minimum absolute atomic E-state index is 0.166. The summed E-state index contributed by atoms with van der Waals surface area (Å²) in [5.41, 5.74) is 8.02. The predicted octanol–water partition coefficient (Wildman–Crippen LogP) is 9.36. The molecule has 0 unspecified atom stereocenters. The monoisotopic (exact) mass is 919 g/mol. The van der Waals surface area contributed by atoms with E-state index in [2.05, 4.69) is 71.5 Å². The van der Waals surface area contributed by atoms with Crippen molar-refractivity contribution >= 4 is 23.5 Å². The molecule has 4 aromatic rings. The molecule has 348 valence electrons. The molecule has 3 aliphatic heterocycles. The van der Waals surface area contributed by atoms with Crippen LogP contribution in [0.15, 0.2) is 67.0 Å². The van der Waals surface area contributed by atoms with Crippen molar-refractivity contribution < 1.29 is 47.2 Å². The Kier molecular flexibility index (Phi) is 17.1. The molecule has 0 radical (unpaired) electrons. The van der Waals surface area contributed by atoms with E-state index in [0.717, 1.165) is 70.5 Å². The van der Waals surface area contributed by atoms with E-state index >= 15 is 0 Å². The molecule has 7 rings (SSSR count). The highest BCUT2D eigenvalue weighted by molar-refractivity contribution is 6.32. The zero-order chi connectivity index (χ0) is 46.6. The van der Waals surface area contributed by atoms with Gasteiger partial charge in [0.2, 0.25) is 0 Å². The van der Waals surface area contributed by atoms with Crippen LogP contribution in [0.1, 0.15) is 84.7 Å². The Bertz CT molecular complexity index is 2310. The van der Waals surface area contributed by atoms with Crippen LogP contribution in [0.3, 0.4) is 0 Å². The summed E-state index contributed by atoms with van der Waals surface area (Å²) < 4.78 is 50.9. The van der Waals surface area contributed by atoms with Crippen LogP contribution in [0.2, 0.25) is 5.02 Å². The van der Waals surface area contributed by atoms with E-state index in [-0.39, 0.29) is 13.2 Å². The first-order valence-electron chi connectivity index (χ1n) is 22.1. The average Bonchev–Trinajstić information content (AvgIpc) is 3.29. The average molecular weight is 920 g/mol. The predicted molar refractivity (Wildman–Crippen MR) is 240 cm³/mol. The molecule has 65 heavy (non-hydrogen) atoms. The van der Waals surface area contributed by atoms with Gasteiger partial charge in [-0.15, -0.1) is 0 Å². The number of ether oxygens (including phenoxy) is 3. The molecular formula is C49H57ClF3N5O7. The number of hydrogen-bond donors (Lipinski definition) is 3. The van der Waals surface area contributed by atoms with E-state index in [1.165, 1.54) is 58.1 Å². The number of piperidine rings is 3. The van der Waals surface area contributed by atoms with Gasteiger partial charge in [-0.2, -0.15) is 18.4 Å². The molecule has 16 heteroatoms. The number of nitrogens with zero attached hydrogens (tertiary/aromatic N) is 4. The maximum Gasteiger partial charge on any atom is 0.490 e. The van der Waals surface area contributed by atoms with E-state index < -0.39 is 24.2 Å². The highest BCUT2D eigenvalue weighted by Gasteiger charge is 2.38. The number of carbonyl (C=O) groups is 2. The minimum atomic E-state index is -5.08. The molecule has 4 heterocycles. The summed E-state index contributed by atoms with van der Waals surface area (Å²) in [7, 11) is 0. The lowest BCUT2D eigenvalue weighted by Gasteiger charge is -2.44. The highest BCUT2D eigenvalue weighted by Crippen LogP contribution is 2.40. The van der Waals surface area contributed by atoms with Crippen LogP contribution in [0.25, 0.3) is 11.1 Å². The zero-order valence-corrected chi connectivity index (χ0v) is 37.6. The van der Waals surface area contributed by atoms with Gasteiger partial charge in [-0.25, -0.2) is 4.79 Å². The second-order valence-electron chi connectivity index (χ2n) is 17.1. The zero-order valence-electron chi connectivity index (χ0n) is 36.9. The molecule has 1 spiro atoms. The van der Waals surface area contributed by atoms with Crippen molar-refractivity contribution in [1.82, 2.24) is 20.1 Å². The molecule has 3 N–H and O–H groups in total. The second kappa shape index (κ2) is 22.7. The van der Waals surface area contributed by atoms with Crippen LogP contribution < -0.4 is 19.5 Å². The van der Waals surface area contributed by atoms with E-state index in [9.17, 15) is 28.3 Å². The van der Waals surface area contributed by atoms with Crippen molar-refractivity contribution in [2.75, 3.05) is 45.9 Å². The van der Waals surface area contributed by atoms with E-state index in [1.54, 1.807) is 18.3 Å². The third kappa shape index (κ3) is 13.3. The molecule has 3 saturated heterocycles. The van der Waals surface area contributed by atoms with Crippen LogP contribution in [0.5, 0.6) is 17.2 Å². The van der Waals surface area contributed by atoms with Gasteiger partial charge in [-0.05, 0) is 143 Å². The fourth-order valence-electron chi connectivity index (χ4n) is 8.94. The molecule has 3 fully saturated rings. The van der Waals surface area contributed by atoms with E-state index in [1.807, 2.05) is 11.0 Å². The Morgan fingerprint density at radius 3 is 2.26 bits per heavy atom. The van der Waals surface area contributed by atoms with Crippen molar-refractivity contribution in [3.8, 4) is 34.4 Å². The summed E-state index contributed by atoms with van der Waals surface area (Å²) in [6, 6.07) is 19.5. The molecule has 0 aliphatic carbocycles. The summed E-state index contributed by atoms with van der Waals surface area (Å²) in [6.07, 6.45) is 6.79. The Balaban J connectivity index is 0.000000925. The first-order chi connectivity index (χ1) is 31.2.